The Morgan fingerprint density at radius 3 is 1.70 bits per heavy atom. The first-order chi connectivity index (χ1) is 15.8. The van der Waals surface area contributed by atoms with Crippen LogP contribution < -0.4 is 11.1 Å². The van der Waals surface area contributed by atoms with E-state index in [1.54, 1.807) is 12.1 Å². The smallest absolute Gasteiger partial charge is 0.326 e. The number of benzene rings is 2. The fourth-order valence-electron chi connectivity index (χ4n) is 2.82. The minimum atomic E-state index is -1.31. The van der Waals surface area contributed by atoms with Crippen LogP contribution in [0.1, 0.15) is 36.8 Å². The maximum Gasteiger partial charge on any atom is 0.326 e. The van der Waals surface area contributed by atoms with E-state index in [2.05, 4.69) is 5.32 Å². The van der Waals surface area contributed by atoms with Gasteiger partial charge in [-0.2, -0.15) is 0 Å². The van der Waals surface area contributed by atoms with Gasteiger partial charge in [0.05, 0.1) is 6.04 Å². The number of amides is 1. The van der Waals surface area contributed by atoms with Crippen molar-refractivity contribution in [3.63, 3.8) is 0 Å². The molecular weight excluding hydrogens is 428 g/mol. The summed E-state index contributed by atoms with van der Waals surface area (Å²) in [6.45, 7) is 0.192. The second kappa shape index (κ2) is 13.6. The van der Waals surface area contributed by atoms with Crippen molar-refractivity contribution < 1.29 is 33.8 Å². The van der Waals surface area contributed by atoms with Crippen molar-refractivity contribution in [2.24, 2.45) is 5.73 Å². The van der Waals surface area contributed by atoms with E-state index in [4.69, 9.17) is 15.2 Å². The lowest BCUT2D eigenvalue weighted by atomic mass is 10.1. The van der Waals surface area contributed by atoms with Gasteiger partial charge in [0.25, 0.3) is 0 Å². The molecule has 1 amide bonds. The number of ether oxygens (including phenoxy) is 2. The molecule has 0 bridgehead atoms. The average Bonchev–Trinajstić information content (AvgIpc) is 2.83. The maximum atomic E-state index is 12.2. The van der Waals surface area contributed by atoms with Gasteiger partial charge in [0.2, 0.25) is 5.91 Å². The Morgan fingerprint density at radius 2 is 1.24 bits per heavy atom. The zero-order valence-electron chi connectivity index (χ0n) is 18.1. The summed E-state index contributed by atoms with van der Waals surface area (Å²) in [7, 11) is 0. The molecule has 0 aliphatic heterocycles. The second-order valence-electron chi connectivity index (χ2n) is 7.38. The van der Waals surface area contributed by atoms with Crippen LogP contribution in [0, 0.1) is 0 Å². The summed E-state index contributed by atoms with van der Waals surface area (Å²) in [6.07, 6.45) is -0.443. The van der Waals surface area contributed by atoms with Gasteiger partial charge >= 0.3 is 17.9 Å². The number of hydrogen-bond donors (Lipinski definition) is 3. The highest BCUT2D eigenvalue weighted by atomic mass is 16.5. The molecule has 9 nitrogen and oxygen atoms in total. The van der Waals surface area contributed by atoms with Gasteiger partial charge in [0.15, 0.2) is 0 Å². The van der Waals surface area contributed by atoms with Crippen LogP contribution in [0.25, 0.3) is 0 Å². The third-order valence-electron chi connectivity index (χ3n) is 4.73. The van der Waals surface area contributed by atoms with Crippen molar-refractivity contribution in [1.29, 1.82) is 0 Å². The van der Waals surface area contributed by atoms with Gasteiger partial charge in [-0.3, -0.25) is 14.4 Å². The number of nitrogens with two attached hydrogens (primary N) is 1. The molecule has 0 saturated heterocycles. The summed E-state index contributed by atoms with van der Waals surface area (Å²) in [4.78, 5) is 47.5. The normalized spacial score (nSPS) is 12.3. The topological polar surface area (TPSA) is 145 Å². The van der Waals surface area contributed by atoms with E-state index in [9.17, 15) is 24.3 Å². The summed E-state index contributed by atoms with van der Waals surface area (Å²) in [5.74, 6) is -3.12. The molecule has 2 aromatic rings. The average molecular weight is 456 g/mol. The van der Waals surface area contributed by atoms with Gasteiger partial charge in [-0.05, 0) is 24.0 Å². The highest BCUT2D eigenvalue weighted by molar-refractivity contribution is 5.87. The minimum absolute atomic E-state index is 0.00902. The number of carboxylic acid groups (broad SMARTS) is 1. The maximum absolute atomic E-state index is 12.2. The summed E-state index contributed by atoms with van der Waals surface area (Å²) in [5, 5.41) is 11.6. The Hall–Kier alpha value is -3.72. The van der Waals surface area contributed by atoms with Crippen LogP contribution in [0.3, 0.4) is 0 Å². The monoisotopic (exact) mass is 456 g/mol. The Labute approximate surface area is 191 Å². The number of esters is 2. The summed E-state index contributed by atoms with van der Waals surface area (Å²) < 4.78 is 10.2. The molecule has 33 heavy (non-hydrogen) atoms. The third-order valence-corrected chi connectivity index (χ3v) is 4.73. The van der Waals surface area contributed by atoms with E-state index in [1.807, 2.05) is 48.5 Å². The number of hydrogen-bond acceptors (Lipinski definition) is 7. The van der Waals surface area contributed by atoms with Gasteiger partial charge < -0.3 is 25.6 Å². The molecular formula is C24H28N2O7. The van der Waals surface area contributed by atoms with Crippen molar-refractivity contribution in [3.05, 3.63) is 71.8 Å². The molecule has 176 valence electrons. The Kier molecular flexibility index (Phi) is 10.6. The molecule has 2 unspecified atom stereocenters. The zero-order chi connectivity index (χ0) is 24.1. The van der Waals surface area contributed by atoms with Crippen molar-refractivity contribution in [1.82, 2.24) is 5.32 Å². The summed E-state index contributed by atoms with van der Waals surface area (Å²) in [6, 6.07) is 15.8. The molecule has 0 spiro atoms. The standard InChI is InChI=1S/C24H28N2O7/c25-19(11-13-21(27)32-15-17-7-3-1-4-8-17)23(29)26-20(24(30)31)12-14-22(28)33-16-18-9-5-2-6-10-18/h1-10,19-20H,11-16,25H2,(H,26,29)(H,30,31). The summed E-state index contributed by atoms with van der Waals surface area (Å²) >= 11 is 0. The van der Waals surface area contributed by atoms with Crippen molar-refractivity contribution in [2.75, 3.05) is 0 Å². The highest BCUT2D eigenvalue weighted by Crippen LogP contribution is 2.07. The molecule has 2 rings (SSSR count). The first-order valence-electron chi connectivity index (χ1n) is 10.5. The number of carbonyl (C=O) groups is 4. The number of aliphatic carboxylic acids is 1. The predicted molar refractivity (Wildman–Crippen MR) is 118 cm³/mol. The quantitative estimate of drug-likeness (QED) is 0.388. The van der Waals surface area contributed by atoms with Gasteiger partial charge in [-0.1, -0.05) is 60.7 Å². The van der Waals surface area contributed by atoms with Crippen molar-refractivity contribution in [2.45, 2.75) is 51.0 Å². The van der Waals surface area contributed by atoms with E-state index in [-0.39, 0.29) is 38.9 Å². The van der Waals surface area contributed by atoms with E-state index < -0.39 is 35.9 Å². The zero-order valence-corrected chi connectivity index (χ0v) is 18.1. The molecule has 0 radical (unpaired) electrons. The van der Waals surface area contributed by atoms with E-state index in [1.165, 1.54) is 0 Å². The summed E-state index contributed by atoms with van der Waals surface area (Å²) in [5.41, 5.74) is 7.43. The van der Waals surface area contributed by atoms with Crippen LogP contribution in [0.4, 0.5) is 0 Å². The molecule has 2 aromatic carbocycles. The molecule has 0 heterocycles. The van der Waals surface area contributed by atoms with Crippen LogP contribution in [0.2, 0.25) is 0 Å². The largest absolute Gasteiger partial charge is 0.480 e. The Morgan fingerprint density at radius 1 is 0.788 bits per heavy atom. The number of carbonyl (C=O) groups excluding carboxylic acids is 3. The lowest BCUT2D eigenvalue weighted by molar-refractivity contribution is -0.147. The molecule has 2 atom stereocenters. The minimum Gasteiger partial charge on any atom is -0.480 e. The van der Waals surface area contributed by atoms with Gasteiger partial charge in [0, 0.05) is 12.8 Å². The number of carboxylic acids is 1. The molecule has 0 aliphatic rings. The first kappa shape index (κ1) is 25.5. The van der Waals surface area contributed by atoms with Crippen LogP contribution >= 0.6 is 0 Å². The second-order valence-corrected chi connectivity index (χ2v) is 7.38. The fourth-order valence-corrected chi connectivity index (χ4v) is 2.82. The molecule has 9 heteroatoms. The SMILES string of the molecule is NC(CCC(=O)OCc1ccccc1)C(=O)NC(CCC(=O)OCc1ccccc1)C(=O)O. The Bertz CT molecular complexity index is 919. The third kappa shape index (κ3) is 9.96. The van der Waals surface area contributed by atoms with Crippen LogP contribution in [0.5, 0.6) is 0 Å². The molecule has 0 aromatic heterocycles. The van der Waals surface area contributed by atoms with Gasteiger partial charge in [-0.25, -0.2) is 4.79 Å². The molecule has 4 N–H and O–H groups in total. The lowest BCUT2D eigenvalue weighted by Crippen LogP contribution is -2.48. The van der Waals surface area contributed by atoms with E-state index in [0.29, 0.717) is 0 Å². The fraction of sp³-hybridized carbons (Fsp3) is 0.333. The molecule has 0 saturated carbocycles. The number of nitrogens with one attached hydrogen (secondary N) is 1. The predicted octanol–water partition coefficient (Wildman–Crippen LogP) is 1.93. The van der Waals surface area contributed by atoms with Crippen LogP contribution in [-0.4, -0.2) is 41.0 Å². The van der Waals surface area contributed by atoms with Crippen LogP contribution in [-0.2, 0) is 41.9 Å². The highest BCUT2D eigenvalue weighted by Gasteiger charge is 2.24. The Balaban J connectivity index is 1.70. The first-order valence-corrected chi connectivity index (χ1v) is 10.5. The van der Waals surface area contributed by atoms with E-state index in [0.717, 1.165) is 11.1 Å². The van der Waals surface area contributed by atoms with Crippen LogP contribution in [0.15, 0.2) is 60.7 Å². The van der Waals surface area contributed by atoms with Gasteiger partial charge in [-0.15, -0.1) is 0 Å². The van der Waals surface area contributed by atoms with Crippen molar-refractivity contribution >= 4 is 23.8 Å². The van der Waals surface area contributed by atoms with Gasteiger partial charge in [0.1, 0.15) is 19.3 Å². The molecule has 0 fully saturated rings. The van der Waals surface area contributed by atoms with Crippen molar-refractivity contribution in [3.8, 4) is 0 Å². The molecule has 0 aliphatic carbocycles. The van der Waals surface area contributed by atoms with E-state index >= 15 is 0 Å². The number of rotatable bonds is 13. The lowest BCUT2D eigenvalue weighted by Gasteiger charge is -2.17.